The van der Waals surface area contributed by atoms with Gasteiger partial charge in [-0.2, -0.15) is 0 Å². The van der Waals surface area contributed by atoms with Crippen molar-refractivity contribution in [3.63, 3.8) is 0 Å². The minimum atomic E-state index is -4.27. The normalized spacial score (nSPS) is 11.0. The van der Waals surface area contributed by atoms with Gasteiger partial charge in [0.25, 0.3) is 0 Å². The fourth-order valence-electron chi connectivity index (χ4n) is 3.88. The Hall–Kier alpha value is -1.48. The zero-order valence-electron chi connectivity index (χ0n) is 24.1. The lowest BCUT2D eigenvalue weighted by molar-refractivity contribution is -0.858. The van der Waals surface area contributed by atoms with Crippen molar-refractivity contribution >= 4 is 16.0 Å². The molecule has 1 aromatic carbocycles. The number of benzene rings is 1. The van der Waals surface area contributed by atoms with Gasteiger partial charge in [-0.25, -0.2) is 8.42 Å². The Balaban J connectivity index is 0. The molecule has 0 saturated carbocycles. The first-order valence-electron chi connectivity index (χ1n) is 14.5. The highest BCUT2D eigenvalue weighted by Crippen LogP contribution is 2.12. The predicted molar refractivity (Wildman–Crippen MR) is 160 cm³/mol. The molecule has 0 unspecified atom stereocenters. The average molecular weight is 558 g/mol. The third-order valence-corrected chi connectivity index (χ3v) is 7.07. The van der Waals surface area contributed by atoms with Crippen molar-refractivity contribution in [1.82, 2.24) is 10.6 Å². The van der Waals surface area contributed by atoms with Crippen LogP contribution in [-0.2, 0) is 14.9 Å². The monoisotopic (exact) mass is 557 g/mol. The molecule has 3 N–H and O–H groups in total. The maximum Gasteiger partial charge on any atom is 0.221 e. The van der Waals surface area contributed by atoms with Gasteiger partial charge in [0, 0.05) is 32.5 Å². The summed E-state index contributed by atoms with van der Waals surface area (Å²) in [6.45, 7) is 7.93. The summed E-state index contributed by atoms with van der Waals surface area (Å²) >= 11 is 0. The Morgan fingerprint density at radius 1 is 0.789 bits per heavy atom. The Bertz CT molecular complexity index is 768. The lowest BCUT2D eigenvalue weighted by atomic mass is 10.1. The lowest BCUT2D eigenvalue weighted by Gasteiger charge is -2.08. The highest BCUT2D eigenvalue weighted by molar-refractivity contribution is 7.85. The van der Waals surface area contributed by atoms with E-state index in [1.54, 1.807) is 12.1 Å². The van der Waals surface area contributed by atoms with Gasteiger partial charge in [0.15, 0.2) is 0 Å². The number of quaternary nitrogens is 1. The van der Waals surface area contributed by atoms with Crippen molar-refractivity contribution < 1.29 is 22.7 Å². The van der Waals surface area contributed by atoms with Crippen LogP contribution in [0.1, 0.15) is 110 Å². The van der Waals surface area contributed by atoms with E-state index in [0.29, 0.717) is 6.42 Å². The van der Waals surface area contributed by atoms with Crippen LogP contribution in [0.5, 0.6) is 0 Å². The van der Waals surface area contributed by atoms with Crippen LogP contribution in [0.4, 0.5) is 0 Å². The number of carbonyl (C=O) groups excluding carboxylic acids is 1. The van der Waals surface area contributed by atoms with Gasteiger partial charge in [0.2, 0.25) is 5.91 Å². The maximum atomic E-state index is 11.7. The number of unbranched alkanes of at least 4 members (excludes halogenated alkanes) is 11. The first kappa shape index (κ1) is 38.7. The highest BCUT2D eigenvalue weighted by atomic mass is 32.2. The van der Waals surface area contributed by atoms with E-state index in [4.69, 9.17) is 0 Å². The number of nitrogens with one attached hydrogen (secondary N) is 3. The second kappa shape index (κ2) is 25.8. The van der Waals surface area contributed by atoms with Crippen LogP contribution < -0.4 is 15.5 Å². The van der Waals surface area contributed by atoms with Gasteiger partial charge in [0.1, 0.15) is 10.1 Å². The molecular weight excluding hydrogens is 498 g/mol. The molecule has 1 rings (SSSR count). The molecule has 1 amide bonds. The molecule has 0 heterocycles. The number of aryl methyl sites for hydroxylation is 1. The summed E-state index contributed by atoms with van der Waals surface area (Å²) in [7, 11) is 0.0698. The first-order valence-corrected chi connectivity index (χ1v) is 15.9. The lowest BCUT2D eigenvalue weighted by Crippen LogP contribution is -3.05. The fraction of sp³-hybridized carbons (Fsp3) is 0.767. The third-order valence-electron chi connectivity index (χ3n) is 6.22. The molecule has 0 aromatic heterocycles. The molecule has 0 aliphatic rings. The molecule has 1 aromatic rings. The van der Waals surface area contributed by atoms with Gasteiger partial charge in [-0.1, -0.05) is 103 Å². The quantitative estimate of drug-likeness (QED) is 0.148. The van der Waals surface area contributed by atoms with Crippen LogP contribution in [0.2, 0.25) is 0 Å². The van der Waals surface area contributed by atoms with Crippen LogP contribution in [-0.4, -0.2) is 59.2 Å². The van der Waals surface area contributed by atoms with E-state index in [1.807, 2.05) is 6.92 Å². The fourth-order valence-corrected chi connectivity index (χ4v) is 4.35. The first-order chi connectivity index (χ1) is 17.7. The van der Waals surface area contributed by atoms with Gasteiger partial charge in [-0.3, -0.25) is 4.79 Å². The summed E-state index contributed by atoms with van der Waals surface area (Å²) in [5.41, 5.74) is 0.928. The molecule has 0 fully saturated rings. The van der Waals surface area contributed by atoms with E-state index >= 15 is 0 Å². The summed E-state index contributed by atoms with van der Waals surface area (Å²) in [5.74, 6) is 0.193. The summed E-state index contributed by atoms with van der Waals surface area (Å²) in [5, 5.41) is 6.39. The molecule has 0 radical (unpaired) electrons. The van der Waals surface area contributed by atoms with Crippen molar-refractivity contribution in [2.24, 2.45) is 0 Å². The van der Waals surface area contributed by atoms with Crippen LogP contribution >= 0.6 is 0 Å². The average Bonchev–Trinajstić information content (AvgIpc) is 2.84. The number of amides is 1. The molecule has 0 aliphatic heterocycles. The van der Waals surface area contributed by atoms with Crippen molar-refractivity contribution in [3.8, 4) is 0 Å². The van der Waals surface area contributed by atoms with Crippen LogP contribution in [0.3, 0.4) is 0 Å². The summed E-state index contributed by atoms with van der Waals surface area (Å²) < 4.78 is 31.2. The van der Waals surface area contributed by atoms with Crippen molar-refractivity contribution in [2.75, 3.05) is 40.3 Å². The summed E-state index contributed by atoms with van der Waals surface area (Å²) in [6.07, 6.45) is 18.1. The van der Waals surface area contributed by atoms with Crippen LogP contribution in [0, 0.1) is 6.92 Å². The Labute approximate surface area is 235 Å². The standard InChI is InChI=1S/C22H47N3O.C7H8O3S.CH4/c1-4-5-6-7-8-9-10-11-12-13-14-15-19-24-22(26)17-20-23-18-16-21-25(2)3;1-6-2-4-7(5-3-6)11(8,9)10;/h23H,4-21H2,1-3H3,(H,24,26);2-5H,1H3,(H,8,9,10);1H4. The molecule has 38 heavy (non-hydrogen) atoms. The third kappa shape index (κ3) is 26.1. The zero-order valence-corrected chi connectivity index (χ0v) is 24.9. The minimum Gasteiger partial charge on any atom is -0.744 e. The molecule has 7 nitrogen and oxygen atoms in total. The number of carbonyl (C=O) groups is 1. The van der Waals surface area contributed by atoms with Gasteiger partial charge >= 0.3 is 0 Å². The topological polar surface area (TPSA) is 103 Å². The van der Waals surface area contributed by atoms with Crippen LogP contribution in [0.15, 0.2) is 29.2 Å². The van der Waals surface area contributed by atoms with Crippen LogP contribution in [0.25, 0.3) is 0 Å². The molecule has 224 valence electrons. The molecule has 0 aliphatic carbocycles. The SMILES string of the molecule is C.CCCCCCCCCCCCCCNC(=O)CCNCCC[NH+](C)C.Cc1ccc(S(=O)(=O)[O-])cc1. The predicted octanol–water partition coefficient (Wildman–Crippen LogP) is 4.85. The summed E-state index contributed by atoms with van der Waals surface area (Å²) in [6, 6.07) is 5.78. The smallest absolute Gasteiger partial charge is 0.221 e. The Morgan fingerprint density at radius 3 is 1.76 bits per heavy atom. The maximum absolute atomic E-state index is 11.7. The van der Waals surface area contributed by atoms with Gasteiger partial charge in [-0.15, -0.1) is 0 Å². The summed E-state index contributed by atoms with van der Waals surface area (Å²) in [4.78, 5) is 13.0. The molecule has 8 heteroatoms. The molecular formula is C30H59N3O4S. The van der Waals surface area contributed by atoms with E-state index < -0.39 is 10.1 Å². The van der Waals surface area contributed by atoms with E-state index in [9.17, 15) is 17.8 Å². The van der Waals surface area contributed by atoms with Gasteiger partial charge in [-0.05, 0) is 25.5 Å². The largest absolute Gasteiger partial charge is 0.744 e. The molecule has 0 atom stereocenters. The number of hydrogen-bond acceptors (Lipinski definition) is 5. The Morgan fingerprint density at radius 2 is 1.29 bits per heavy atom. The Kier molecular flexibility index (Phi) is 26.2. The highest BCUT2D eigenvalue weighted by Gasteiger charge is 2.01. The van der Waals surface area contributed by atoms with Crippen molar-refractivity contribution in [3.05, 3.63) is 29.8 Å². The molecule has 0 spiro atoms. The van der Waals surface area contributed by atoms with E-state index in [0.717, 1.165) is 31.6 Å². The molecule has 0 bridgehead atoms. The second-order valence-corrected chi connectivity index (χ2v) is 11.7. The zero-order chi connectivity index (χ0) is 27.8. The van der Waals surface area contributed by atoms with Crippen molar-refractivity contribution in [1.29, 1.82) is 0 Å². The number of rotatable bonds is 21. The van der Waals surface area contributed by atoms with Crippen molar-refractivity contribution in [2.45, 2.75) is 116 Å². The number of hydrogen-bond donors (Lipinski definition) is 3. The van der Waals surface area contributed by atoms with E-state index in [1.165, 1.54) is 101 Å². The van der Waals surface area contributed by atoms with Gasteiger partial charge < -0.3 is 20.1 Å². The second-order valence-electron chi connectivity index (χ2n) is 10.3. The van der Waals surface area contributed by atoms with Gasteiger partial charge in [0.05, 0.1) is 25.5 Å². The van der Waals surface area contributed by atoms with E-state index in [2.05, 4.69) is 31.7 Å². The minimum absolute atomic E-state index is 0. The molecule has 0 saturated heterocycles. The van der Waals surface area contributed by atoms with E-state index in [-0.39, 0.29) is 18.2 Å².